The second-order valence-electron chi connectivity index (χ2n) is 6.30. The van der Waals surface area contributed by atoms with Crippen molar-refractivity contribution in [2.75, 3.05) is 14.1 Å². The van der Waals surface area contributed by atoms with E-state index in [-0.39, 0.29) is 6.04 Å². The van der Waals surface area contributed by atoms with Gasteiger partial charge in [-0.1, -0.05) is 32.0 Å². The van der Waals surface area contributed by atoms with Crippen LogP contribution >= 0.6 is 0 Å². The molecule has 0 amide bonds. The molecule has 108 valence electrons. The maximum absolute atomic E-state index is 5.92. The standard InChI is InChI=1S/C17H30N2/c1-12(2)15-9-7-13(3)16(11-15)17(19(5)6)10-8-14(4)18/h7,9,11-12,14,17H,8,10,18H2,1-6H3. The first-order valence-electron chi connectivity index (χ1n) is 7.35. The van der Waals surface area contributed by atoms with E-state index >= 15 is 0 Å². The lowest BCUT2D eigenvalue weighted by atomic mass is 9.91. The van der Waals surface area contributed by atoms with E-state index in [2.05, 4.69) is 64.9 Å². The molecule has 2 N–H and O–H groups in total. The number of nitrogens with two attached hydrogens (primary N) is 1. The van der Waals surface area contributed by atoms with Gasteiger partial charge >= 0.3 is 0 Å². The SMILES string of the molecule is Cc1ccc(C(C)C)cc1C(CCC(C)N)N(C)C. The molecule has 0 aliphatic heterocycles. The number of hydrogen-bond donors (Lipinski definition) is 1. The van der Waals surface area contributed by atoms with Gasteiger partial charge in [0.15, 0.2) is 0 Å². The van der Waals surface area contributed by atoms with Crippen molar-refractivity contribution in [1.82, 2.24) is 4.90 Å². The highest BCUT2D eigenvalue weighted by atomic mass is 15.1. The third-order valence-electron chi connectivity index (χ3n) is 3.85. The van der Waals surface area contributed by atoms with Crippen molar-refractivity contribution >= 4 is 0 Å². The van der Waals surface area contributed by atoms with E-state index < -0.39 is 0 Å². The summed E-state index contributed by atoms with van der Waals surface area (Å²) >= 11 is 0. The molecule has 0 saturated carbocycles. The van der Waals surface area contributed by atoms with Gasteiger partial charge in [-0.25, -0.2) is 0 Å². The quantitative estimate of drug-likeness (QED) is 0.844. The Morgan fingerprint density at radius 2 is 1.74 bits per heavy atom. The molecule has 2 atom stereocenters. The van der Waals surface area contributed by atoms with Crippen LogP contribution < -0.4 is 5.73 Å². The monoisotopic (exact) mass is 262 g/mol. The summed E-state index contributed by atoms with van der Waals surface area (Å²) in [6.45, 7) is 8.80. The predicted octanol–water partition coefficient (Wildman–Crippen LogP) is 3.85. The number of aryl methyl sites for hydroxylation is 1. The molecule has 0 aliphatic rings. The first-order chi connectivity index (χ1) is 8.82. The molecular formula is C17H30N2. The molecule has 2 unspecified atom stereocenters. The fraction of sp³-hybridized carbons (Fsp3) is 0.647. The fourth-order valence-corrected chi connectivity index (χ4v) is 2.49. The van der Waals surface area contributed by atoms with Crippen molar-refractivity contribution in [3.63, 3.8) is 0 Å². The van der Waals surface area contributed by atoms with Crippen molar-refractivity contribution < 1.29 is 0 Å². The zero-order valence-corrected chi connectivity index (χ0v) is 13.4. The zero-order chi connectivity index (χ0) is 14.6. The van der Waals surface area contributed by atoms with Crippen LogP contribution in [-0.4, -0.2) is 25.0 Å². The van der Waals surface area contributed by atoms with Gasteiger partial charge in [-0.05, 0) is 63.4 Å². The van der Waals surface area contributed by atoms with Gasteiger partial charge in [0.05, 0.1) is 0 Å². The molecule has 1 aromatic rings. The second-order valence-corrected chi connectivity index (χ2v) is 6.30. The molecule has 0 heterocycles. The topological polar surface area (TPSA) is 29.3 Å². The molecule has 0 saturated heterocycles. The highest BCUT2D eigenvalue weighted by molar-refractivity contribution is 5.35. The first-order valence-corrected chi connectivity index (χ1v) is 7.35. The maximum atomic E-state index is 5.92. The lowest BCUT2D eigenvalue weighted by molar-refractivity contribution is 0.274. The molecule has 0 aromatic heterocycles. The van der Waals surface area contributed by atoms with Crippen LogP contribution in [0.3, 0.4) is 0 Å². The molecule has 0 bridgehead atoms. The van der Waals surface area contributed by atoms with Gasteiger partial charge in [0.25, 0.3) is 0 Å². The summed E-state index contributed by atoms with van der Waals surface area (Å²) in [5, 5.41) is 0. The van der Waals surface area contributed by atoms with Crippen LogP contribution in [0.15, 0.2) is 18.2 Å². The van der Waals surface area contributed by atoms with Gasteiger partial charge in [0.1, 0.15) is 0 Å². The summed E-state index contributed by atoms with van der Waals surface area (Å²) in [4.78, 5) is 2.31. The predicted molar refractivity (Wildman–Crippen MR) is 84.6 cm³/mol. The van der Waals surface area contributed by atoms with Gasteiger partial charge in [0, 0.05) is 12.1 Å². The minimum Gasteiger partial charge on any atom is -0.328 e. The Kier molecular flexibility index (Phi) is 6.02. The van der Waals surface area contributed by atoms with Gasteiger partial charge < -0.3 is 10.6 Å². The van der Waals surface area contributed by atoms with E-state index in [1.165, 1.54) is 16.7 Å². The van der Waals surface area contributed by atoms with Crippen LogP contribution in [-0.2, 0) is 0 Å². The molecular weight excluding hydrogens is 232 g/mol. The van der Waals surface area contributed by atoms with Gasteiger partial charge in [-0.3, -0.25) is 0 Å². The summed E-state index contributed by atoms with van der Waals surface area (Å²) in [6, 6.07) is 7.63. The summed E-state index contributed by atoms with van der Waals surface area (Å²) in [5.74, 6) is 0.579. The molecule has 0 spiro atoms. The highest BCUT2D eigenvalue weighted by Gasteiger charge is 2.17. The van der Waals surface area contributed by atoms with E-state index in [9.17, 15) is 0 Å². The highest BCUT2D eigenvalue weighted by Crippen LogP contribution is 2.29. The molecule has 1 rings (SSSR count). The summed E-state index contributed by atoms with van der Waals surface area (Å²) in [6.07, 6.45) is 2.18. The van der Waals surface area contributed by atoms with Gasteiger partial charge in [0.2, 0.25) is 0 Å². The number of nitrogens with zero attached hydrogens (tertiary/aromatic N) is 1. The van der Waals surface area contributed by atoms with Crippen LogP contribution in [0.1, 0.15) is 62.3 Å². The third kappa shape index (κ3) is 4.63. The van der Waals surface area contributed by atoms with Crippen LogP contribution in [0.4, 0.5) is 0 Å². The Morgan fingerprint density at radius 3 is 2.21 bits per heavy atom. The molecule has 2 nitrogen and oxygen atoms in total. The van der Waals surface area contributed by atoms with E-state index in [0.29, 0.717) is 12.0 Å². The van der Waals surface area contributed by atoms with Gasteiger partial charge in [-0.15, -0.1) is 0 Å². The number of benzene rings is 1. The van der Waals surface area contributed by atoms with Crippen molar-refractivity contribution in [2.45, 2.75) is 58.5 Å². The maximum Gasteiger partial charge on any atom is 0.0345 e. The van der Waals surface area contributed by atoms with Crippen molar-refractivity contribution in [3.8, 4) is 0 Å². The minimum atomic E-state index is 0.274. The molecule has 0 aliphatic carbocycles. The van der Waals surface area contributed by atoms with E-state index in [0.717, 1.165) is 12.8 Å². The first kappa shape index (κ1) is 16.2. The molecule has 0 radical (unpaired) electrons. The molecule has 19 heavy (non-hydrogen) atoms. The van der Waals surface area contributed by atoms with E-state index in [1.54, 1.807) is 0 Å². The van der Waals surface area contributed by atoms with Crippen LogP contribution in [0.25, 0.3) is 0 Å². The molecule has 0 fully saturated rings. The van der Waals surface area contributed by atoms with Crippen molar-refractivity contribution in [2.24, 2.45) is 5.73 Å². The van der Waals surface area contributed by atoms with E-state index in [4.69, 9.17) is 5.73 Å². The molecule has 2 heteroatoms. The summed E-state index contributed by atoms with van der Waals surface area (Å²) < 4.78 is 0. The Bertz CT molecular complexity index is 394. The zero-order valence-electron chi connectivity index (χ0n) is 13.4. The van der Waals surface area contributed by atoms with Crippen molar-refractivity contribution in [3.05, 3.63) is 34.9 Å². The fourth-order valence-electron chi connectivity index (χ4n) is 2.49. The average Bonchev–Trinajstić information content (AvgIpc) is 2.30. The third-order valence-corrected chi connectivity index (χ3v) is 3.85. The Labute approximate surface area is 119 Å². The Balaban J connectivity index is 3.03. The Hall–Kier alpha value is -0.860. The lowest BCUT2D eigenvalue weighted by Gasteiger charge is -2.28. The lowest BCUT2D eigenvalue weighted by Crippen LogP contribution is -2.24. The van der Waals surface area contributed by atoms with Gasteiger partial charge in [-0.2, -0.15) is 0 Å². The van der Waals surface area contributed by atoms with Crippen molar-refractivity contribution in [1.29, 1.82) is 0 Å². The van der Waals surface area contributed by atoms with Crippen LogP contribution in [0, 0.1) is 6.92 Å². The molecule has 1 aromatic carbocycles. The van der Waals surface area contributed by atoms with Crippen LogP contribution in [0.5, 0.6) is 0 Å². The van der Waals surface area contributed by atoms with Crippen LogP contribution in [0.2, 0.25) is 0 Å². The average molecular weight is 262 g/mol. The normalized spacial score (nSPS) is 15.0. The summed E-state index contributed by atoms with van der Waals surface area (Å²) in [7, 11) is 4.32. The second kappa shape index (κ2) is 7.06. The Morgan fingerprint density at radius 1 is 1.11 bits per heavy atom. The smallest absolute Gasteiger partial charge is 0.0345 e. The number of hydrogen-bond acceptors (Lipinski definition) is 2. The number of rotatable bonds is 6. The summed E-state index contributed by atoms with van der Waals surface area (Å²) in [5.41, 5.74) is 10.2. The minimum absolute atomic E-state index is 0.274. The van der Waals surface area contributed by atoms with E-state index in [1.807, 2.05) is 0 Å². The largest absolute Gasteiger partial charge is 0.328 e.